The Morgan fingerprint density at radius 2 is 1.72 bits per heavy atom. The number of carboxylic acid groups (broad SMARTS) is 1. The average Bonchev–Trinajstić information content (AvgIpc) is 3.67. The number of carbonyl (C=O) groups is 4. The molecule has 2 fully saturated rings. The van der Waals surface area contributed by atoms with Gasteiger partial charge >= 0.3 is 18.0 Å². The number of esters is 1. The van der Waals surface area contributed by atoms with Crippen LogP contribution in [0.4, 0.5) is 22.2 Å². The van der Waals surface area contributed by atoms with E-state index in [0.29, 0.717) is 50.6 Å². The SMILES string of the molecule is CCCCCNc1nc(N)nc2ccn(Cc3ccc(CN4CCN(C(=O)OCc5ccc(O[C@@H]6O[C@H](C(=O)O)[C@@H](OC(C)=O)[C@H](O)[C@H]6O)c(NC(=O)CCN)c5)CC4)cc3OC)c12. The number of aliphatic hydroxyl groups is 2. The lowest BCUT2D eigenvalue weighted by Crippen LogP contribution is -2.62. The topological polar surface area (TPSA) is 288 Å². The van der Waals surface area contributed by atoms with E-state index in [1.54, 1.807) is 12.0 Å². The minimum atomic E-state index is -1.88. The van der Waals surface area contributed by atoms with E-state index < -0.39 is 54.6 Å². The fourth-order valence-electron chi connectivity index (χ4n) is 7.54. The lowest BCUT2D eigenvalue weighted by Gasteiger charge is -2.40. The van der Waals surface area contributed by atoms with Crippen molar-refractivity contribution in [3.63, 3.8) is 0 Å². The predicted molar refractivity (Wildman–Crippen MR) is 232 cm³/mol. The second kappa shape index (κ2) is 21.9. The number of rotatable bonds is 19. The average molecular weight is 892 g/mol. The molecule has 346 valence electrons. The molecule has 0 bridgehead atoms. The molecule has 21 heteroatoms. The van der Waals surface area contributed by atoms with Gasteiger partial charge in [0.2, 0.25) is 18.1 Å². The minimum absolute atomic E-state index is 0.0415. The molecule has 2 amide bonds. The number of amides is 2. The molecule has 4 heterocycles. The van der Waals surface area contributed by atoms with Gasteiger partial charge in [-0.05, 0) is 41.8 Å². The number of piperazine rings is 1. The summed E-state index contributed by atoms with van der Waals surface area (Å²) < 4.78 is 29.6. The Balaban J connectivity index is 1.04. The number of nitrogens with zero attached hydrogens (tertiary/aromatic N) is 5. The molecule has 2 aromatic carbocycles. The van der Waals surface area contributed by atoms with Crippen molar-refractivity contribution in [1.82, 2.24) is 24.3 Å². The highest BCUT2D eigenvalue weighted by Gasteiger charge is 2.51. The number of fused-ring (bicyclic) bond motifs is 1. The molecular formula is C43H57N9O12. The molecule has 0 saturated carbocycles. The number of methoxy groups -OCH3 is 1. The van der Waals surface area contributed by atoms with Crippen molar-refractivity contribution in [2.24, 2.45) is 5.73 Å². The molecule has 5 atom stereocenters. The third kappa shape index (κ3) is 11.8. The number of nitrogens with two attached hydrogens (primary N) is 2. The zero-order chi connectivity index (χ0) is 45.9. The van der Waals surface area contributed by atoms with E-state index in [4.69, 9.17) is 35.2 Å². The van der Waals surface area contributed by atoms with Crippen LogP contribution in [0.1, 0.15) is 56.2 Å². The number of aromatic nitrogens is 3. The first kappa shape index (κ1) is 47.2. The van der Waals surface area contributed by atoms with Crippen molar-refractivity contribution in [3.05, 3.63) is 65.4 Å². The number of aliphatic hydroxyl groups excluding tert-OH is 2. The number of nitrogen functional groups attached to an aromatic ring is 1. The monoisotopic (exact) mass is 891 g/mol. The van der Waals surface area contributed by atoms with Gasteiger partial charge in [-0.2, -0.15) is 4.98 Å². The van der Waals surface area contributed by atoms with Crippen molar-refractivity contribution >= 4 is 52.4 Å². The molecule has 0 aliphatic carbocycles. The molecular weight excluding hydrogens is 835 g/mol. The maximum atomic E-state index is 13.2. The third-order valence-corrected chi connectivity index (χ3v) is 10.8. The number of carboxylic acids is 1. The summed E-state index contributed by atoms with van der Waals surface area (Å²) in [7, 11) is 1.65. The summed E-state index contributed by atoms with van der Waals surface area (Å²) in [6.45, 7) is 7.06. The number of hydrogen-bond acceptors (Lipinski definition) is 17. The van der Waals surface area contributed by atoms with Crippen LogP contribution in [0.2, 0.25) is 0 Å². The van der Waals surface area contributed by atoms with Gasteiger partial charge in [-0.25, -0.2) is 14.6 Å². The second-order valence-electron chi connectivity index (χ2n) is 15.6. The minimum Gasteiger partial charge on any atom is -0.496 e. The summed E-state index contributed by atoms with van der Waals surface area (Å²) in [4.78, 5) is 62.0. The lowest BCUT2D eigenvalue weighted by atomic mass is 9.98. The Labute approximate surface area is 369 Å². The van der Waals surface area contributed by atoms with E-state index in [0.717, 1.165) is 60.6 Å². The zero-order valence-electron chi connectivity index (χ0n) is 36.1. The van der Waals surface area contributed by atoms with Gasteiger partial charge in [-0.15, -0.1) is 0 Å². The molecule has 6 rings (SSSR count). The molecule has 4 aromatic rings. The van der Waals surface area contributed by atoms with Crippen LogP contribution in [-0.4, -0.2) is 141 Å². The van der Waals surface area contributed by atoms with Crippen LogP contribution < -0.4 is 31.6 Å². The van der Waals surface area contributed by atoms with Crippen LogP contribution in [0.5, 0.6) is 11.5 Å². The lowest BCUT2D eigenvalue weighted by molar-refractivity contribution is -0.274. The molecule has 64 heavy (non-hydrogen) atoms. The number of aliphatic carboxylic acids is 1. The Morgan fingerprint density at radius 1 is 0.953 bits per heavy atom. The van der Waals surface area contributed by atoms with Crippen LogP contribution in [0.25, 0.3) is 11.0 Å². The number of unbranched alkanes of at least 4 members (excludes halogenated alkanes) is 2. The number of benzene rings is 2. The highest BCUT2D eigenvalue weighted by atomic mass is 16.7. The van der Waals surface area contributed by atoms with E-state index in [1.807, 2.05) is 18.3 Å². The number of ether oxygens (including phenoxy) is 5. The first-order valence-corrected chi connectivity index (χ1v) is 21.2. The Morgan fingerprint density at radius 3 is 2.42 bits per heavy atom. The zero-order valence-corrected chi connectivity index (χ0v) is 36.1. The highest BCUT2D eigenvalue weighted by Crippen LogP contribution is 2.33. The van der Waals surface area contributed by atoms with Gasteiger partial charge in [0, 0.05) is 70.9 Å². The second-order valence-corrected chi connectivity index (χ2v) is 15.6. The van der Waals surface area contributed by atoms with E-state index in [-0.39, 0.29) is 37.0 Å². The molecule has 2 aliphatic heterocycles. The first-order valence-electron chi connectivity index (χ1n) is 21.2. The van der Waals surface area contributed by atoms with Crippen LogP contribution in [-0.2, 0) is 48.3 Å². The Kier molecular flexibility index (Phi) is 16.2. The molecule has 2 saturated heterocycles. The maximum absolute atomic E-state index is 13.2. The molecule has 0 spiro atoms. The highest BCUT2D eigenvalue weighted by molar-refractivity contribution is 5.92. The standard InChI is InChI=1S/C43H57N9O12/c1-4-5-6-14-46-39-34-29(48-42(45)49-39)12-15-52(34)23-28-9-7-26(21-32(28)60-3)22-50-16-18-51(19-17-50)43(59)61-24-27-8-10-31(30(20-27)47-33(54)11-13-44)63-41-36(56)35(55)37(62-25(2)53)38(64-41)40(57)58/h7-10,12,15,20-21,35-38,41,55-56H,4-6,11,13-14,16-19,22-24,44H2,1-3H3,(H,47,54)(H,57,58)(H3,45,46,48,49)/t35-,36-,37+,38+,41-/m1/s1. The normalized spacial score (nSPS) is 20.1. The van der Waals surface area contributed by atoms with Gasteiger partial charge in [0.1, 0.15) is 35.8 Å². The van der Waals surface area contributed by atoms with Crippen LogP contribution in [0.15, 0.2) is 48.7 Å². The number of hydrogen-bond donors (Lipinski definition) is 7. The van der Waals surface area contributed by atoms with Gasteiger partial charge in [-0.1, -0.05) is 38.0 Å². The van der Waals surface area contributed by atoms with E-state index in [9.17, 15) is 34.5 Å². The molecule has 0 radical (unpaired) electrons. The molecule has 0 unspecified atom stereocenters. The third-order valence-electron chi connectivity index (χ3n) is 10.8. The summed E-state index contributed by atoms with van der Waals surface area (Å²) in [5.74, 6) is -1.35. The van der Waals surface area contributed by atoms with Crippen molar-refractivity contribution in [3.8, 4) is 11.5 Å². The van der Waals surface area contributed by atoms with Gasteiger partial charge in [0.25, 0.3) is 0 Å². The number of anilines is 3. The van der Waals surface area contributed by atoms with Gasteiger partial charge in [0.15, 0.2) is 18.0 Å². The van der Waals surface area contributed by atoms with Crippen LogP contribution >= 0.6 is 0 Å². The van der Waals surface area contributed by atoms with E-state index in [2.05, 4.69) is 49.1 Å². The van der Waals surface area contributed by atoms with E-state index in [1.165, 1.54) is 18.2 Å². The summed E-state index contributed by atoms with van der Waals surface area (Å²) in [5.41, 5.74) is 15.8. The fraction of sp³-hybridized carbons (Fsp3) is 0.488. The summed E-state index contributed by atoms with van der Waals surface area (Å²) in [6.07, 6.45) is -4.42. The van der Waals surface area contributed by atoms with Gasteiger partial charge in [0.05, 0.1) is 24.9 Å². The summed E-state index contributed by atoms with van der Waals surface area (Å²) in [5, 5.41) is 37.1. The maximum Gasteiger partial charge on any atom is 0.410 e. The predicted octanol–water partition coefficient (Wildman–Crippen LogP) is 2.26. The fourth-order valence-corrected chi connectivity index (χ4v) is 7.54. The summed E-state index contributed by atoms with van der Waals surface area (Å²) >= 11 is 0. The molecule has 9 N–H and O–H groups in total. The number of carbonyl (C=O) groups excluding carboxylic acids is 3. The van der Waals surface area contributed by atoms with Crippen molar-refractivity contribution in [2.75, 3.05) is 62.7 Å². The Hall–Kier alpha value is -6.26. The van der Waals surface area contributed by atoms with Gasteiger partial charge < -0.3 is 70.6 Å². The smallest absolute Gasteiger partial charge is 0.410 e. The molecule has 2 aromatic heterocycles. The number of nitrogens with one attached hydrogen (secondary N) is 2. The molecule has 2 aliphatic rings. The van der Waals surface area contributed by atoms with Crippen molar-refractivity contribution in [2.45, 2.75) is 89.9 Å². The first-order chi connectivity index (χ1) is 30.8. The van der Waals surface area contributed by atoms with Gasteiger partial charge in [-0.3, -0.25) is 14.5 Å². The summed E-state index contributed by atoms with van der Waals surface area (Å²) in [6, 6.07) is 12.5. The molecule has 21 nitrogen and oxygen atoms in total. The van der Waals surface area contributed by atoms with Crippen LogP contribution in [0.3, 0.4) is 0 Å². The van der Waals surface area contributed by atoms with Crippen LogP contribution in [0, 0.1) is 0 Å². The van der Waals surface area contributed by atoms with Crippen molar-refractivity contribution < 1.29 is 58.2 Å². The quantitative estimate of drug-likeness (QED) is 0.0525. The van der Waals surface area contributed by atoms with Crippen molar-refractivity contribution in [1.29, 1.82) is 0 Å². The largest absolute Gasteiger partial charge is 0.496 e. The Bertz CT molecular complexity index is 2270. The van der Waals surface area contributed by atoms with E-state index >= 15 is 0 Å².